The van der Waals surface area contributed by atoms with Gasteiger partial charge in [-0.3, -0.25) is 0 Å². The fourth-order valence-electron chi connectivity index (χ4n) is 1.55. The van der Waals surface area contributed by atoms with Gasteiger partial charge in [0.25, 0.3) is 0 Å². The summed E-state index contributed by atoms with van der Waals surface area (Å²) in [5, 5.41) is 11.9. The van der Waals surface area contributed by atoms with Gasteiger partial charge >= 0.3 is 5.97 Å². The molecule has 1 aromatic heterocycles. The molecule has 0 spiro atoms. The van der Waals surface area contributed by atoms with Crippen LogP contribution in [0, 0.1) is 11.3 Å². The van der Waals surface area contributed by atoms with Crippen molar-refractivity contribution < 1.29 is 9.53 Å². The number of nitrogens with zero attached hydrogens (tertiary/aromatic N) is 2. The van der Waals surface area contributed by atoms with Crippen LogP contribution in [0.2, 0.25) is 0 Å². The maximum absolute atomic E-state index is 11.6. The third-order valence-electron chi connectivity index (χ3n) is 2.45. The molecule has 19 heavy (non-hydrogen) atoms. The third kappa shape index (κ3) is 2.87. The summed E-state index contributed by atoms with van der Waals surface area (Å²) in [5.74, 6) is -0.201. The Labute approximate surface area is 110 Å². The highest BCUT2D eigenvalue weighted by Crippen LogP contribution is 2.19. The van der Waals surface area contributed by atoms with Gasteiger partial charge in [0, 0.05) is 5.69 Å². The molecule has 0 fully saturated rings. The molecule has 2 aromatic rings. The number of ether oxygens (including phenoxy) is 1. The van der Waals surface area contributed by atoms with Crippen LogP contribution in [0.25, 0.3) is 0 Å². The Bertz CT molecular complexity index is 633. The highest BCUT2D eigenvalue weighted by molar-refractivity contribution is 5.95. The van der Waals surface area contributed by atoms with E-state index in [2.05, 4.69) is 15.0 Å². The van der Waals surface area contributed by atoms with Crippen LogP contribution in [0.15, 0.2) is 42.5 Å². The molecule has 0 aliphatic carbocycles. The molecule has 0 aliphatic heterocycles. The van der Waals surface area contributed by atoms with Crippen molar-refractivity contribution in [3.05, 3.63) is 53.7 Å². The highest BCUT2D eigenvalue weighted by Gasteiger charge is 2.14. The molecule has 0 saturated carbocycles. The molecule has 0 unspecified atom stereocenters. The number of carbonyl (C=O) groups is 1. The van der Waals surface area contributed by atoms with Crippen molar-refractivity contribution >= 4 is 17.5 Å². The van der Waals surface area contributed by atoms with Gasteiger partial charge in [0.05, 0.1) is 7.11 Å². The molecule has 0 amide bonds. The molecule has 1 heterocycles. The summed E-state index contributed by atoms with van der Waals surface area (Å²) >= 11 is 0. The minimum Gasteiger partial charge on any atom is -0.465 e. The van der Waals surface area contributed by atoms with Crippen molar-refractivity contribution in [2.24, 2.45) is 0 Å². The smallest absolute Gasteiger partial charge is 0.341 e. The Morgan fingerprint density at radius 3 is 2.63 bits per heavy atom. The lowest BCUT2D eigenvalue weighted by atomic mass is 10.2. The Kier molecular flexibility index (Phi) is 3.74. The SMILES string of the molecule is COC(=O)c1ccc(C#N)nc1Nc1ccccc1. The van der Waals surface area contributed by atoms with Crippen LogP contribution in [0.3, 0.4) is 0 Å². The first-order valence-electron chi connectivity index (χ1n) is 5.56. The van der Waals surface area contributed by atoms with E-state index >= 15 is 0 Å². The van der Waals surface area contributed by atoms with Crippen molar-refractivity contribution in [2.75, 3.05) is 12.4 Å². The normalized spacial score (nSPS) is 9.47. The fraction of sp³-hybridized carbons (Fsp3) is 0.0714. The van der Waals surface area contributed by atoms with E-state index in [9.17, 15) is 4.79 Å². The van der Waals surface area contributed by atoms with Crippen LogP contribution in [0.1, 0.15) is 16.1 Å². The summed E-state index contributed by atoms with van der Waals surface area (Å²) in [6, 6.07) is 14.2. The van der Waals surface area contributed by atoms with E-state index in [-0.39, 0.29) is 11.3 Å². The second kappa shape index (κ2) is 5.65. The first-order valence-corrected chi connectivity index (χ1v) is 5.56. The summed E-state index contributed by atoms with van der Waals surface area (Å²) in [4.78, 5) is 15.7. The van der Waals surface area contributed by atoms with Crippen LogP contribution in [-0.4, -0.2) is 18.1 Å². The number of hydrogen-bond donors (Lipinski definition) is 1. The number of benzene rings is 1. The summed E-state index contributed by atoms with van der Waals surface area (Å²) in [6.45, 7) is 0. The molecule has 1 N–H and O–H groups in total. The molecule has 5 nitrogen and oxygen atoms in total. The molecule has 0 saturated heterocycles. The van der Waals surface area contributed by atoms with Gasteiger partial charge in [0.2, 0.25) is 0 Å². The van der Waals surface area contributed by atoms with Crippen molar-refractivity contribution in [3.8, 4) is 6.07 Å². The quantitative estimate of drug-likeness (QED) is 0.850. The van der Waals surface area contributed by atoms with E-state index in [1.54, 1.807) is 0 Å². The zero-order chi connectivity index (χ0) is 13.7. The van der Waals surface area contributed by atoms with Crippen molar-refractivity contribution in [3.63, 3.8) is 0 Å². The van der Waals surface area contributed by atoms with Gasteiger partial charge < -0.3 is 10.1 Å². The summed E-state index contributed by atoms with van der Waals surface area (Å²) in [5.41, 5.74) is 1.28. The molecular formula is C14H11N3O2. The van der Waals surface area contributed by atoms with Crippen LogP contribution in [-0.2, 0) is 4.74 Å². The number of rotatable bonds is 3. The number of methoxy groups -OCH3 is 1. The number of esters is 1. The Morgan fingerprint density at radius 1 is 1.26 bits per heavy atom. The van der Waals surface area contributed by atoms with Crippen LogP contribution in [0.5, 0.6) is 0 Å². The third-order valence-corrected chi connectivity index (χ3v) is 2.45. The molecule has 5 heteroatoms. The summed E-state index contributed by atoms with van der Waals surface area (Å²) in [6.07, 6.45) is 0. The minimum absolute atomic E-state index is 0.228. The predicted molar refractivity (Wildman–Crippen MR) is 70.0 cm³/mol. The molecule has 94 valence electrons. The van der Waals surface area contributed by atoms with Gasteiger partial charge in [-0.15, -0.1) is 0 Å². The molecule has 1 aromatic carbocycles. The number of nitriles is 1. The number of aromatic nitrogens is 1. The summed E-state index contributed by atoms with van der Waals surface area (Å²) in [7, 11) is 1.30. The highest BCUT2D eigenvalue weighted by atomic mass is 16.5. The number of pyridine rings is 1. The average Bonchev–Trinajstić information content (AvgIpc) is 2.47. The van der Waals surface area contributed by atoms with E-state index in [0.717, 1.165) is 5.69 Å². The van der Waals surface area contributed by atoms with Crippen molar-refractivity contribution in [1.82, 2.24) is 4.98 Å². The van der Waals surface area contributed by atoms with Crippen LogP contribution < -0.4 is 5.32 Å². The number of anilines is 2. The first kappa shape index (κ1) is 12.6. The lowest BCUT2D eigenvalue weighted by Crippen LogP contribution is -2.08. The maximum Gasteiger partial charge on any atom is 0.341 e. The first-order chi connectivity index (χ1) is 9.24. The van der Waals surface area contributed by atoms with Crippen molar-refractivity contribution in [1.29, 1.82) is 5.26 Å². The fourth-order valence-corrected chi connectivity index (χ4v) is 1.55. The van der Waals surface area contributed by atoms with Gasteiger partial charge in [-0.25, -0.2) is 9.78 Å². The maximum atomic E-state index is 11.6. The Hall–Kier alpha value is -2.87. The second-order valence-electron chi connectivity index (χ2n) is 3.69. The van der Waals surface area contributed by atoms with Crippen LogP contribution in [0.4, 0.5) is 11.5 Å². The predicted octanol–water partition coefficient (Wildman–Crippen LogP) is 2.48. The van der Waals surface area contributed by atoms with Gasteiger partial charge in [-0.05, 0) is 24.3 Å². The number of hydrogen-bond acceptors (Lipinski definition) is 5. The Balaban J connectivity index is 2.41. The average molecular weight is 253 g/mol. The van der Waals surface area contributed by atoms with Gasteiger partial charge in [0.15, 0.2) is 0 Å². The number of nitrogens with one attached hydrogen (secondary N) is 1. The molecular weight excluding hydrogens is 242 g/mol. The molecule has 0 radical (unpaired) electrons. The van der Waals surface area contributed by atoms with Crippen molar-refractivity contribution in [2.45, 2.75) is 0 Å². The van der Waals surface area contributed by atoms with Gasteiger partial charge in [0.1, 0.15) is 23.1 Å². The standard InChI is InChI=1S/C14H11N3O2/c1-19-14(18)12-8-7-11(9-15)17-13(12)16-10-5-3-2-4-6-10/h2-8H,1H3,(H,16,17). The van der Waals surface area contributed by atoms with E-state index in [1.165, 1.54) is 19.2 Å². The van der Waals surface area contributed by atoms with E-state index in [4.69, 9.17) is 5.26 Å². The zero-order valence-corrected chi connectivity index (χ0v) is 10.3. The summed E-state index contributed by atoms with van der Waals surface area (Å²) < 4.78 is 4.69. The Morgan fingerprint density at radius 2 is 2.00 bits per heavy atom. The topological polar surface area (TPSA) is 75.0 Å². The van der Waals surface area contributed by atoms with E-state index < -0.39 is 5.97 Å². The largest absolute Gasteiger partial charge is 0.465 e. The second-order valence-corrected chi connectivity index (χ2v) is 3.69. The monoisotopic (exact) mass is 253 g/mol. The minimum atomic E-state index is -0.504. The zero-order valence-electron chi connectivity index (χ0n) is 10.3. The van der Waals surface area contributed by atoms with Gasteiger partial charge in [-0.1, -0.05) is 18.2 Å². The van der Waals surface area contributed by atoms with Gasteiger partial charge in [-0.2, -0.15) is 5.26 Å². The molecule has 0 atom stereocenters. The lowest BCUT2D eigenvalue weighted by molar-refractivity contribution is 0.0601. The molecule has 0 bridgehead atoms. The lowest BCUT2D eigenvalue weighted by Gasteiger charge is -2.09. The van der Waals surface area contributed by atoms with Crippen LogP contribution >= 0.6 is 0 Å². The molecule has 2 rings (SSSR count). The number of carbonyl (C=O) groups excluding carboxylic acids is 1. The number of para-hydroxylation sites is 1. The van der Waals surface area contributed by atoms with E-state index in [1.807, 2.05) is 36.4 Å². The van der Waals surface area contributed by atoms with E-state index in [0.29, 0.717) is 5.82 Å². The molecule has 0 aliphatic rings.